The van der Waals surface area contributed by atoms with Crippen LogP contribution in [0.1, 0.15) is 30.0 Å². The maximum Gasteiger partial charge on any atom is 0.223 e. The first-order valence-electron chi connectivity index (χ1n) is 7.68. The third-order valence-electron chi connectivity index (χ3n) is 3.88. The molecule has 1 unspecified atom stereocenters. The van der Waals surface area contributed by atoms with E-state index < -0.39 is 0 Å². The second kappa shape index (κ2) is 8.18. The summed E-state index contributed by atoms with van der Waals surface area (Å²) in [5.41, 5.74) is 2.40. The Bertz CT molecular complexity index is 592. The lowest BCUT2D eigenvalue weighted by Gasteiger charge is -2.29. The van der Waals surface area contributed by atoms with E-state index in [0.717, 1.165) is 12.8 Å². The van der Waals surface area contributed by atoms with Crippen molar-refractivity contribution in [3.05, 3.63) is 84.4 Å². The van der Waals surface area contributed by atoms with Crippen molar-refractivity contribution in [3.8, 4) is 0 Å². The Morgan fingerprint density at radius 3 is 2.27 bits per heavy atom. The zero-order valence-corrected chi connectivity index (χ0v) is 13.1. The first-order chi connectivity index (χ1) is 10.7. The van der Waals surface area contributed by atoms with Gasteiger partial charge < -0.3 is 4.90 Å². The number of hydrogen-bond acceptors (Lipinski definition) is 1. The molecule has 0 saturated heterocycles. The van der Waals surface area contributed by atoms with Gasteiger partial charge >= 0.3 is 0 Å². The fraction of sp³-hybridized carbons (Fsp3) is 0.250. The van der Waals surface area contributed by atoms with Crippen molar-refractivity contribution in [2.75, 3.05) is 7.05 Å². The lowest BCUT2D eigenvalue weighted by Crippen LogP contribution is -2.32. The van der Waals surface area contributed by atoms with Crippen LogP contribution in [0.3, 0.4) is 0 Å². The van der Waals surface area contributed by atoms with E-state index in [1.54, 1.807) is 6.08 Å². The molecule has 0 aliphatic carbocycles. The highest BCUT2D eigenvalue weighted by Gasteiger charge is 2.21. The maximum absolute atomic E-state index is 12.4. The minimum Gasteiger partial charge on any atom is -0.338 e. The van der Waals surface area contributed by atoms with Crippen LogP contribution in [0.25, 0.3) is 0 Å². The molecule has 0 aliphatic heterocycles. The fourth-order valence-corrected chi connectivity index (χ4v) is 2.57. The lowest BCUT2D eigenvalue weighted by atomic mass is 9.97. The van der Waals surface area contributed by atoms with Gasteiger partial charge in [0.1, 0.15) is 0 Å². The molecular weight excluding hydrogens is 270 g/mol. The molecule has 0 saturated carbocycles. The van der Waals surface area contributed by atoms with Crippen molar-refractivity contribution >= 4 is 5.91 Å². The first kappa shape index (κ1) is 16.0. The summed E-state index contributed by atoms with van der Waals surface area (Å²) >= 11 is 0. The van der Waals surface area contributed by atoms with Gasteiger partial charge in [0.05, 0.1) is 6.04 Å². The highest BCUT2D eigenvalue weighted by atomic mass is 16.2. The maximum atomic E-state index is 12.4. The molecule has 0 bridgehead atoms. The SMILES string of the molecule is C=CCCC(=O)N(C)C(Cc1ccccc1)c1ccccc1. The second-order valence-electron chi connectivity index (χ2n) is 5.45. The largest absolute Gasteiger partial charge is 0.338 e. The molecule has 2 aromatic carbocycles. The van der Waals surface area contributed by atoms with Crippen molar-refractivity contribution in [1.82, 2.24) is 4.90 Å². The molecule has 0 heterocycles. The average Bonchev–Trinajstić information content (AvgIpc) is 2.58. The molecule has 0 N–H and O–H groups in total. The number of carbonyl (C=O) groups is 1. The van der Waals surface area contributed by atoms with Crippen molar-refractivity contribution < 1.29 is 4.79 Å². The van der Waals surface area contributed by atoms with E-state index in [-0.39, 0.29) is 11.9 Å². The van der Waals surface area contributed by atoms with E-state index in [1.807, 2.05) is 48.3 Å². The lowest BCUT2D eigenvalue weighted by molar-refractivity contribution is -0.132. The Kier molecular flexibility index (Phi) is 5.96. The van der Waals surface area contributed by atoms with Crippen molar-refractivity contribution in [2.24, 2.45) is 0 Å². The molecule has 0 spiro atoms. The predicted molar refractivity (Wildman–Crippen MR) is 91.5 cm³/mol. The summed E-state index contributed by atoms with van der Waals surface area (Å²) in [6.07, 6.45) is 3.84. The van der Waals surface area contributed by atoms with Crippen LogP contribution in [-0.4, -0.2) is 17.9 Å². The summed E-state index contributed by atoms with van der Waals surface area (Å²) in [6, 6.07) is 20.6. The van der Waals surface area contributed by atoms with Gasteiger partial charge in [0.15, 0.2) is 0 Å². The van der Waals surface area contributed by atoms with Crippen LogP contribution in [0, 0.1) is 0 Å². The van der Waals surface area contributed by atoms with Crippen LogP contribution in [0.5, 0.6) is 0 Å². The number of nitrogens with zero attached hydrogens (tertiary/aromatic N) is 1. The molecule has 0 aromatic heterocycles. The van der Waals surface area contributed by atoms with Gasteiger partial charge in [0, 0.05) is 13.5 Å². The first-order valence-corrected chi connectivity index (χ1v) is 7.68. The van der Waals surface area contributed by atoms with E-state index in [9.17, 15) is 4.79 Å². The van der Waals surface area contributed by atoms with E-state index in [2.05, 4.69) is 30.8 Å². The number of carbonyl (C=O) groups excluding carboxylic acids is 1. The van der Waals surface area contributed by atoms with Crippen LogP contribution in [0.15, 0.2) is 73.3 Å². The van der Waals surface area contributed by atoms with Gasteiger partial charge in [-0.2, -0.15) is 0 Å². The minimum absolute atomic E-state index is 0.0564. The average molecular weight is 293 g/mol. The molecule has 114 valence electrons. The summed E-state index contributed by atoms with van der Waals surface area (Å²) in [5.74, 6) is 0.157. The normalized spacial score (nSPS) is 11.7. The molecule has 22 heavy (non-hydrogen) atoms. The number of rotatable bonds is 7. The van der Waals surface area contributed by atoms with E-state index in [0.29, 0.717) is 6.42 Å². The van der Waals surface area contributed by atoms with Crippen LogP contribution >= 0.6 is 0 Å². The number of likely N-dealkylation sites (N-methyl/N-ethyl adjacent to an activating group) is 1. The zero-order valence-electron chi connectivity index (χ0n) is 13.1. The molecule has 0 fully saturated rings. The van der Waals surface area contributed by atoms with E-state index in [1.165, 1.54) is 11.1 Å². The monoisotopic (exact) mass is 293 g/mol. The van der Waals surface area contributed by atoms with Crippen molar-refractivity contribution in [1.29, 1.82) is 0 Å². The quantitative estimate of drug-likeness (QED) is 0.693. The summed E-state index contributed by atoms with van der Waals surface area (Å²) in [4.78, 5) is 14.3. The van der Waals surface area contributed by atoms with Gasteiger partial charge in [-0.25, -0.2) is 0 Å². The molecular formula is C20H23NO. The topological polar surface area (TPSA) is 20.3 Å². The smallest absolute Gasteiger partial charge is 0.223 e. The van der Waals surface area contributed by atoms with Gasteiger partial charge in [-0.3, -0.25) is 4.79 Å². The molecule has 0 aliphatic rings. The number of benzene rings is 2. The van der Waals surface area contributed by atoms with Crippen LogP contribution in [0.4, 0.5) is 0 Å². The third kappa shape index (κ3) is 4.32. The summed E-state index contributed by atoms with van der Waals surface area (Å²) in [6.45, 7) is 3.69. The predicted octanol–water partition coefficient (Wildman–Crippen LogP) is 4.40. The zero-order chi connectivity index (χ0) is 15.8. The standard InChI is InChI=1S/C20H23NO/c1-3-4-15-20(22)21(2)19(18-13-9-6-10-14-18)16-17-11-7-5-8-12-17/h3,5-14,19H,1,4,15-16H2,2H3. The van der Waals surface area contributed by atoms with Gasteiger partial charge in [-0.15, -0.1) is 6.58 Å². The number of hydrogen-bond donors (Lipinski definition) is 0. The summed E-state index contributed by atoms with van der Waals surface area (Å²) in [7, 11) is 1.89. The molecule has 1 atom stereocenters. The fourth-order valence-electron chi connectivity index (χ4n) is 2.57. The molecule has 0 radical (unpaired) electrons. The molecule has 2 aromatic rings. The van der Waals surface area contributed by atoms with Crippen LogP contribution < -0.4 is 0 Å². The van der Waals surface area contributed by atoms with Gasteiger partial charge in [0.2, 0.25) is 5.91 Å². The Balaban J connectivity index is 2.21. The van der Waals surface area contributed by atoms with E-state index in [4.69, 9.17) is 0 Å². The Morgan fingerprint density at radius 2 is 1.68 bits per heavy atom. The Morgan fingerprint density at radius 1 is 1.09 bits per heavy atom. The summed E-state index contributed by atoms with van der Waals surface area (Å²) < 4.78 is 0. The van der Waals surface area contributed by atoms with Crippen LogP contribution in [-0.2, 0) is 11.2 Å². The molecule has 2 rings (SSSR count). The molecule has 2 nitrogen and oxygen atoms in total. The summed E-state index contributed by atoms with van der Waals surface area (Å²) in [5, 5.41) is 0. The highest BCUT2D eigenvalue weighted by molar-refractivity contribution is 5.76. The number of amides is 1. The third-order valence-corrected chi connectivity index (χ3v) is 3.88. The van der Waals surface area contributed by atoms with Gasteiger partial charge in [-0.05, 0) is 24.0 Å². The van der Waals surface area contributed by atoms with Crippen LogP contribution in [0.2, 0.25) is 0 Å². The minimum atomic E-state index is 0.0564. The van der Waals surface area contributed by atoms with E-state index >= 15 is 0 Å². The second-order valence-corrected chi connectivity index (χ2v) is 5.45. The molecule has 1 amide bonds. The van der Waals surface area contributed by atoms with Gasteiger partial charge in [-0.1, -0.05) is 66.7 Å². The Labute approximate surface area is 133 Å². The van der Waals surface area contributed by atoms with Gasteiger partial charge in [0.25, 0.3) is 0 Å². The number of allylic oxidation sites excluding steroid dienone is 1. The van der Waals surface area contributed by atoms with Crippen molar-refractivity contribution in [3.63, 3.8) is 0 Å². The Hall–Kier alpha value is -2.35. The van der Waals surface area contributed by atoms with Crippen molar-refractivity contribution in [2.45, 2.75) is 25.3 Å². The highest BCUT2D eigenvalue weighted by Crippen LogP contribution is 2.24. The molecule has 2 heteroatoms.